The number of imide groups is 1. The smallest absolute Gasteiger partial charge is 0.355 e. The van der Waals surface area contributed by atoms with Gasteiger partial charge in [0.05, 0.1) is 33.4 Å². The molecule has 3 aliphatic heterocycles. The Bertz CT molecular complexity index is 3180. The molecule has 2 atom stereocenters. The number of nitrogens with zero attached hydrogens (tertiary/aromatic N) is 6. The van der Waals surface area contributed by atoms with E-state index < -0.39 is 11.9 Å². The lowest BCUT2D eigenvalue weighted by molar-refractivity contribution is -0.134. The predicted octanol–water partition coefficient (Wildman–Crippen LogP) is 9.79. The monoisotopic (exact) mass is 970 g/mol. The van der Waals surface area contributed by atoms with Crippen LogP contribution < -0.4 is 20.3 Å². The zero-order valence-electron chi connectivity index (χ0n) is 40.2. The number of carbonyl (C=O) groups is 4. The van der Waals surface area contributed by atoms with Gasteiger partial charge in [-0.25, -0.2) is 14.8 Å². The number of thiazole rings is 1. The molecule has 3 fully saturated rings. The number of hydrogen-bond donors (Lipinski definition) is 3. The summed E-state index contributed by atoms with van der Waals surface area (Å²) in [6.07, 6.45) is 9.26. The number of aromatic nitrogens is 4. The number of anilines is 2. The summed E-state index contributed by atoms with van der Waals surface area (Å²) < 4.78 is 9.63. The summed E-state index contributed by atoms with van der Waals surface area (Å²) >= 11 is 1.44. The van der Waals surface area contributed by atoms with Crippen molar-refractivity contribution in [1.82, 2.24) is 30.0 Å². The molecule has 14 nitrogen and oxygen atoms in total. The van der Waals surface area contributed by atoms with Crippen LogP contribution in [0.15, 0.2) is 91.0 Å². The highest BCUT2D eigenvalue weighted by Crippen LogP contribution is 2.39. The number of aromatic carboxylic acids is 1. The Morgan fingerprint density at radius 1 is 0.873 bits per heavy atom. The third-order valence-corrected chi connectivity index (χ3v) is 16.3. The van der Waals surface area contributed by atoms with Crippen molar-refractivity contribution in [3.63, 3.8) is 0 Å². The number of likely N-dealkylation sites (tertiary alicyclic amines) is 1. The maximum Gasteiger partial charge on any atom is 0.355 e. The molecule has 0 radical (unpaired) electrons. The zero-order valence-corrected chi connectivity index (χ0v) is 41.0. The van der Waals surface area contributed by atoms with Gasteiger partial charge >= 0.3 is 5.97 Å². The van der Waals surface area contributed by atoms with E-state index in [0.29, 0.717) is 66.3 Å². The molecule has 1 aliphatic carbocycles. The van der Waals surface area contributed by atoms with Gasteiger partial charge < -0.3 is 19.6 Å². The lowest BCUT2D eigenvalue weighted by Crippen LogP contribution is -2.39. The molecule has 2 saturated heterocycles. The highest BCUT2D eigenvalue weighted by Gasteiger charge is 2.34. The molecule has 1 saturated carbocycles. The molecule has 15 heteroatoms. The van der Waals surface area contributed by atoms with Crippen LogP contribution in [-0.2, 0) is 29.6 Å². The van der Waals surface area contributed by atoms with Crippen molar-refractivity contribution in [3.05, 3.63) is 130 Å². The first kappa shape index (κ1) is 46.4. The molecule has 364 valence electrons. The molecule has 0 spiro atoms. The van der Waals surface area contributed by atoms with Gasteiger partial charge in [0.15, 0.2) is 10.8 Å². The normalized spacial score (nSPS) is 20.6. The minimum atomic E-state index is -1.10. The first-order valence-corrected chi connectivity index (χ1v) is 25.9. The van der Waals surface area contributed by atoms with E-state index >= 15 is 0 Å². The third-order valence-electron chi connectivity index (χ3n) is 15.4. The van der Waals surface area contributed by atoms with Crippen molar-refractivity contribution >= 4 is 67.1 Å². The molecule has 0 bridgehead atoms. The average molecular weight is 971 g/mol. The lowest BCUT2D eigenvalue weighted by Gasteiger charge is -2.31. The number of para-hydroxylation sites is 2. The highest BCUT2D eigenvalue weighted by atomic mass is 32.1. The molecule has 6 heterocycles. The van der Waals surface area contributed by atoms with Crippen LogP contribution in [0.2, 0.25) is 0 Å². The van der Waals surface area contributed by atoms with Gasteiger partial charge in [0.25, 0.3) is 5.91 Å². The van der Waals surface area contributed by atoms with Crippen LogP contribution in [0, 0.1) is 12.8 Å². The summed E-state index contributed by atoms with van der Waals surface area (Å²) in [5.41, 5.74) is 8.73. The van der Waals surface area contributed by atoms with Gasteiger partial charge in [0.1, 0.15) is 11.6 Å². The minimum absolute atomic E-state index is 0.0215. The standard InChI is InChI=1S/C56H58N8O6S/c1-33-38(40-22-24-48(58-51(40)55(68)69)64-30-27-35-10-5-13-41(44(35)32-64)53(66)60-56-57-45-15-3-4-17-47(45)71-56)11-7-16-46(33)70-37-20-18-34(19-21-37)9-8-28-63-29-26-36(31-63)39-12-6-14-42-50(61-62(2)52(39)42)43-23-25-49(65)59-54(43)67/h3-7,10-17,22,24,34,36-37,43H,8-9,18-21,23,25-32H2,1-2H3,(H,68,69)(H,57,60,66)(H,59,65,67)/t34?,36-,37?,43+/m1/s1. The second kappa shape index (κ2) is 19.7. The number of hydrogen-bond acceptors (Lipinski definition) is 11. The summed E-state index contributed by atoms with van der Waals surface area (Å²) in [6.45, 7) is 6.19. The molecule has 11 rings (SSSR count). The second-order valence-electron chi connectivity index (χ2n) is 19.8. The number of ether oxygens (including phenoxy) is 1. The third kappa shape index (κ3) is 9.40. The Morgan fingerprint density at radius 3 is 2.54 bits per heavy atom. The summed E-state index contributed by atoms with van der Waals surface area (Å²) in [5, 5.41) is 22.4. The van der Waals surface area contributed by atoms with E-state index in [-0.39, 0.29) is 29.5 Å². The Hall–Kier alpha value is -6.97. The maximum absolute atomic E-state index is 13.7. The fourth-order valence-electron chi connectivity index (χ4n) is 11.7. The number of aryl methyl sites for hydroxylation is 1. The summed E-state index contributed by atoms with van der Waals surface area (Å²) in [4.78, 5) is 65.1. The van der Waals surface area contributed by atoms with E-state index in [1.807, 2.05) is 96.3 Å². The summed E-state index contributed by atoms with van der Waals surface area (Å²) in [6, 6.07) is 29.6. The van der Waals surface area contributed by atoms with Gasteiger partial charge in [-0.05, 0) is 154 Å². The Kier molecular flexibility index (Phi) is 12.9. The van der Waals surface area contributed by atoms with Gasteiger partial charge in [-0.3, -0.25) is 29.7 Å². The molecule has 4 aromatic carbocycles. The number of pyridine rings is 1. The van der Waals surface area contributed by atoms with Crippen LogP contribution in [0.1, 0.15) is 118 Å². The molecule has 71 heavy (non-hydrogen) atoms. The van der Waals surface area contributed by atoms with Crippen LogP contribution in [0.4, 0.5) is 10.9 Å². The quantitative estimate of drug-likeness (QED) is 0.0940. The van der Waals surface area contributed by atoms with Gasteiger partial charge in [0.2, 0.25) is 11.8 Å². The number of fused-ring (bicyclic) bond motifs is 3. The van der Waals surface area contributed by atoms with E-state index in [2.05, 4.69) is 38.7 Å². The topological polar surface area (TPSA) is 172 Å². The van der Waals surface area contributed by atoms with Gasteiger partial charge in [-0.15, -0.1) is 0 Å². The molecule has 0 unspecified atom stereocenters. The maximum atomic E-state index is 13.7. The number of carbonyl (C=O) groups excluding carboxylic acids is 3. The summed E-state index contributed by atoms with van der Waals surface area (Å²) in [5.74, 6) is 0.181. The second-order valence-corrected chi connectivity index (χ2v) is 20.8. The molecule has 7 aromatic rings. The van der Waals surface area contributed by atoms with Crippen molar-refractivity contribution in [2.75, 3.05) is 36.4 Å². The number of carboxylic acids is 1. The highest BCUT2D eigenvalue weighted by molar-refractivity contribution is 7.22. The van der Waals surface area contributed by atoms with Crippen LogP contribution in [0.25, 0.3) is 32.2 Å². The molecule has 3 amide bonds. The molecule has 4 aliphatic rings. The first-order chi connectivity index (χ1) is 34.5. The van der Waals surface area contributed by atoms with Crippen LogP contribution >= 0.6 is 11.3 Å². The Labute approximate surface area is 416 Å². The van der Waals surface area contributed by atoms with Crippen molar-refractivity contribution in [1.29, 1.82) is 0 Å². The van der Waals surface area contributed by atoms with Crippen molar-refractivity contribution < 1.29 is 29.0 Å². The number of nitrogens with one attached hydrogen (secondary N) is 2. The van der Waals surface area contributed by atoms with E-state index in [9.17, 15) is 24.3 Å². The van der Waals surface area contributed by atoms with Crippen LogP contribution in [0.3, 0.4) is 0 Å². The largest absolute Gasteiger partial charge is 0.490 e. The van der Waals surface area contributed by atoms with Gasteiger partial charge in [-0.2, -0.15) is 5.10 Å². The van der Waals surface area contributed by atoms with Crippen LogP contribution in [0.5, 0.6) is 5.75 Å². The van der Waals surface area contributed by atoms with E-state index in [0.717, 1.165) is 113 Å². The first-order valence-electron chi connectivity index (χ1n) is 25.1. The number of carboxylic acid groups (broad SMARTS) is 1. The average Bonchev–Trinajstić information content (AvgIpc) is 4.11. The zero-order chi connectivity index (χ0) is 48.8. The molecular weight excluding hydrogens is 913 g/mol. The van der Waals surface area contributed by atoms with E-state index in [1.54, 1.807) is 0 Å². The molecule has 3 N–H and O–H groups in total. The molecule has 3 aromatic heterocycles. The number of benzene rings is 4. The minimum Gasteiger partial charge on any atom is -0.490 e. The molecular formula is C56H58N8O6S. The van der Waals surface area contributed by atoms with Crippen LogP contribution in [-0.4, -0.2) is 85.7 Å². The number of piperidine rings is 1. The number of rotatable bonds is 13. The van der Waals surface area contributed by atoms with Gasteiger partial charge in [0, 0.05) is 49.6 Å². The van der Waals surface area contributed by atoms with Crippen molar-refractivity contribution in [3.8, 4) is 16.9 Å². The van der Waals surface area contributed by atoms with Gasteiger partial charge in [-0.1, -0.05) is 65.9 Å². The fraction of sp³-hybridized carbons (Fsp3) is 0.375. The van der Waals surface area contributed by atoms with Crippen molar-refractivity contribution in [2.24, 2.45) is 13.0 Å². The van der Waals surface area contributed by atoms with E-state index in [4.69, 9.17) is 14.8 Å². The SMILES string of the molecule is Cc1c(OC2CCC(CCCN3CC[C@@H](c4cccc5c([C@@H]6CCC(=O)NC6=O)nn(C)c45)C3)CC2)cccc1-c1ccc(N2CCc3cccc(C(=O)Nc4nc5ccccc5s4)c3C2)nc1C(=O)O. The van der Waals surface area contributed by atoms with E-state index in [1.165, 1.54) is 23.3 Å². The predicted molar refractivity (Wildman–Crippen MR) is 275 cm³/mol. The fourth-order valence-corrected chi connectivity index (χ4v) is 12.5. The van der Waals surface area contributed by atoms with Crippen molar-refractivity contribution in [2.45, 2.75) is 95.6 Å². The Morgan fingerprint density at radius 2 is 1.70 bits per heavy atom. The Balaban J connectivity index is 0.686. The number of amides is 3. The summed E-state index contributed by atoms with van der Waals surface area (Å²) in [7, 11) is 1.96. The lowest BCUT2D eigenvalue weighted by atomic mass is 9.84.